The van der Waals surface area contributed by atoms with Gasteiger partial charge in [0.25, 0.3) is 0 Å². The zero-order valence-electron chi connectivity index (χ0n) is 15.0. The molecular formula is C18H24Cl2N2O4S. The Bertz CT molecular complexity index is 782. The number of hydrogen-bond acceptors (Lipinski definition) is 4. The summed E-state index contributed by atoms with van der Waals surface area (Å²) in [6, 6.07) is 4.78. The smallest absolute Gasteiger partial charge is 0.224 e. The second kappa shape index (κ2) is 9.09. The first-order chi connectivity index (χ1) is 12.8. The number of amides is 1. The molecule has 0 unspecified atom stereocenters. The van der Waals surface area contributed by atoms with Gasteiger partial charge in [-0.25, -0.2) is 12.7 Å². The molecule has 9 heteroatoms. The van der Waals surface area contributed by atoms with E-state index < -0.39 is 10.0 Å². The van der Waals surface area contributed by atoms with Crippen molar-refractivity contribution >= 4 is 39.1 Å². The van der Waals surface area contributed by atoms with Crippen LogP contribution in [0.3, 0.4) is 0 Å². The van der Waals surface area contributed by atoms with E-state index in [1.54, 1.807) is 12.1 Å². The van der Waals surface area contributed by atoms with Crippen LogP contribution in [-0.4, -0.2) is 51.0 Å². The summed E-state index contributed by atoms with van der Waals surface area (Å²) < 4.78 is 32.5. The summed E-state index contributed by atoms with van der Waals surface area (Å²) in [5.41, 5.74) is 0.506. The molecule has 1 N–H and O–H groups in total. The standard InChI is InChI=1S/C18H24Cl2N2O4S/c19-15-6-5-14(17(20)9-15)12-27(24,25)22-7-1-3-13(11-22)18(23)21-10-16-4-2-8-26-16/h5-6,9,13,16H,1-4,7-8,10-12H2,(H,21,23)/t13-,16+/m0/s1. The maximum Gasteiger partial charge on any atom is 0.224 e. The Labute approximate surface area is 170 Å². The van der Waals surface area contributed by atoms with E-state index in [4.69, 9.17) is 27.9 Å². The molecule has 2 fully saturated rings. The van der Waals surface area contributed by atoms with Crippen LogP contribution < -0.4 is 5.32 Å². The highest BCUT2D eigenvalue weighted by molar-refractivity contribution is 7.88. The van der Waals surface area contributed by atoms with Crippen LogP contribution in [0.25, 0.3) is 0 Å². The van der Waals surface area contributed by atoms with Gasteiger partial charge in [-0.1, -0.05) is 29.3 Å². The van der Waals surface area contributed by atoms with Crippen LogP contribution in [0.5, 0.6) is 0 Å². The van der Waals surface area contributed by atoms with Crippen molar-refractivity contribution in [1.82, 2.24) is 9.62 Å². The molecule has 0 aliphatic carbocycles. The molecule has 150 valence electrons. The van der Waals surface area contributed by atoms with Gasteiger partial charge < -0.3 is 10.1 Å². The molecule has 1 aromatic carbocycles. The molecule has 2 atom stereocenters. The third-order valence-electron chi connectivity index (χ3n) is 5.03. The highest BCUT2D eigenvalue weighted by Crippen LogP contribution is 2.26. The van der Waals surface area contributed by atoms with E-state index in [1.807, 2.05) is 0 Å². The van der Waals surface area contributed by atoms with Gasteiger partial charge in [0, 0.05) is 36.3 Å². The van der Waals surface area contributed by atoms with Crippen LogP contribution in [0.2, 0.25) is 10.0 Å². The van der Waals surface area contributed by atoms with E-state index in [1.165, 1.54) is 10.4 Å². The van der Waals surface area contributed by atoms with E-state index >= 15 is 0 Å². The van der Waals surface area contributed by atoms with E-state index in [0.717, 1.165) is 19.4 Å². The molecule has 3 rings (SSSR count). The number of halogens is 2. The Hall–Kier alpha value is -0.860. The maximum absolute atomic E-state index is 12.8. The third-order valence-corrected chi connectivity index (χ3v) is 7.41. The fourth-order valence-corrected chi connectivity index (χ4v) is 5.70. The summed E-state index contributed by atoms with van der Waals surface area (Å²) in [6.45, 7) is 1.85. The molecular weight excluding hydrogens is 411 g/mol. The van der Waals surface area contributed by atoms with Crippen molar-refractivity contribution in [3.8, 4) is 0 Å². The van der Waals surface area contributed by atoms with Crippen LogP contribution in [-0.2, 0) is 25.3 Å². The lowest BCUT2D eigenvalue weighted by Gasteiger charge is -2.31. The molecule has 1 aromatic rings. The molecule has 27 heavy (non-hydrogen) atoms. The number of piperidine rings is 1. The number of carbonyl (C=O) groups is 1. The lowest BCUT2D eigenvalue weighted by molar-refractivity contribution is -0.126. The molecule has 6 nitrogen and oxygen atoms in total. The van der Waals surface area contributed by atoms with Gasteiger partial charge in [-0.15, -0.1) is 0 Å². The minimum atomic E-state index is -3.57. The zero-order chi connectivity index (χ0) is 19.4. The summed E-state index contributed by atoms with van der Waals surface area (Å²) in [6.07, 6.45) is 3.39. The first-order valence-electron chi connectivity index (χ1n) is 9.16. The van der Waals surface area contributed by atoms with Crippen molar-refractivity contribution < 1.29 is 17.9 Å². The molecule has 1 amide bonds. The summed E-state index contributed by atoms with van der Waals surface area (Å²) in [7, 11) is -3.57. The Morgan fingerprint density at radius 2 is 2.07 bits per heavy atom. The minimum absolute atomic E-state index is 0.0735. The van der Waals surface area contributed by atoms with Crippen LogP contribution >= 0.6 is 23.2 Å². The second-order valence-electron chi connectivity index (χ2n) is 7.07. The molecule has 0 saturated carbocycles. The quantitative estimate of drug-likeness (QED) is 0.746. The van der Waals surface area contributed by atoms with E-state index in [9.17, 15) is 13.2 Å². The van der Waals surface area contributed by atoms with Crippen molar-refractivity contribution in [2.45, 2.75) is 37.5 Å². The number of nitrogens with one attached hydrogen (secondary N) is 1. The largest absolute Gasteiger partial charge is 0.376 e. The molecule has 0 spiro atoms. The second-order valence-corrected chi connectivity index (χ2v) is 9.88. The molecule has 2 aliphatic heterocycles. The number of benzene rings is 1. The Balaban J connectivity index is 1.59. The fourth-order valence-electron chi connectivity index (χ4n) is 3.50. The summed E-state index contributed by atoms with van der Waals surface area (Å²) >= 11 is 12.0. The van der Waals surface area contributed by atoms with Crippen LogP contribution in [0.15, 0.2) is 18.2 Å². The van der Waals surface area contributed by atoms with Crippen LogP contribution in [0.1, 0.15) is 31.2 Å². The highest BCUT2D eigenvalue weighted by atomic mass is 35.5. The number of carbonyl (C=O) groups excluding carboxylic acids is 1. The first-order valence-corrected chi connectivity index (χ1v) is 11.5. The predicted molar refractivity (Wildman–Crippen MR) is 105 cm³/mol. The van der Waals surface area contributed by atoms with Crippen molar-refractivity contribution in [3.05, 3.63) is 33.8 Å². The Morgan fingerprint density at radius 1 is 1.26 bits per heavy atom. The van der Waals surface area contributed by atoms with E-state index in [2.05, 4.69) is 5.32 Å². The lowest BCUT2D eigenvalue weighted by Crippen LogP contribution is -2.46. The summed E-state index contributed by atoms with van der Waals surface area (Å²) in [4.78, 5) is 12.5. The van der Waals surface area contributed by atoms with Crippen molar-refractivity contribution in [3.63, 3.8) is 0 Å². The number of hydrogen-bond donors (Lipinski definition) is 1. The number of sulfonamides is 1. The van der Waals surface area contributed by atoms with E-state index in [-0.39, 0.29) is 30.2 Å². The molecule has 0 aromatic heterocycles. The zero-order valence-corrected chi connectivity index (χ0v) is 17.3. The lowest BCUT2D eigenvalue weighted by atomic mass is 9.99. The summed E-state index contributed by atoms with van der Waals surface area (Å²) in [5, 5.41) is 3.70. The third kappa shape index (κ3) is 5.57. The monoisotopic (exact) mass is 434 g/mol. The molecule has 2 aliphatic rings. The first kappa shape index (κ1) is 20.9. The molecule has 0 bridgehead atoms. The van der Waals surface area contributed by atoms with Gasteiger partial charge in [0.1, 0.15) is 0 Å². The van der Waals surface area contributed by atoms with Crippen molar-refractivity contribution in [1.29, 1.82) is 0 Å². The van der Waals surface area contributed by atoms with Crippen LogP contribution in [0, 0.1) is 5.92 Å². The number of nitrogens with zero attached hydrogens (tertiary/aromatic N) is 1. The van der Waals surface area contributed by atoms with Crippen molar-refractivity contribution in [2.75, 3.05) is 26.2 Å². The molecule has 0 radical (unpaired) electrons. The van der Waals surface area contributed by atoms with Gasteiger partial charge in [0.05, 0.1) is 17.8 Å². The van der Waals surface area contributed by atoms with Crippen molar-refractivity contribution in [2.24, 2.45) is 5.92 Å². The van der Waals surface area contributed by atoms with Gasteiger partial charge in [-0.05, 0) is 43.4 Å². The topological polar surface area (TPSA) is 75.7 Å². The number of rotatable bonds is 6. The van der Waals surface area contributed by atoms with Gasteiger partial charge >= 0.3 is 0 Å². The van der Waals surface area contributed by atoms with Crippen LogP contribution in [0.4, 0.5) is 0 Å². The SMILES string of the molecule is O=C(NC[C@H]1CCCO1)[C@H]1CCCN(S(=O)(=O)Cc2ccc(Cl)cc2Cl)C1. The van der Waals surface area contributed by atoms with E-state index in [0.29, 0.717) is 41.5 Å². The van der Waals surface area contributed by atoms with Gasteiger partial charge in [0.15, 0.2) is 0 Å². The number of ether oxygens (including phenoxy) is 1. The fraction of sp³-hybridized carbons (Fsp3) is 0.611. The van der Waals surface area contributed by atoms with Gasteiger partial charge in [-0.2, -0.15) is 0 Å². The Kier molecular flexibility index (Phi) is 7.03. The minimum Gasteiger partial charge on any atom is -0.376 e. The average Bonchev–Trinajstić information content (AvgIpc) is 3.16. The van der Waals surface area contributed by atoms with Gasteiger partial charge in [-0.3, -0.25) is 4.79 Å². The average molecular weight is 435 g/mol. The maximum atomic E-state index is 12.8. The highest BCUT2D eigenvalue weighted by Gasteiger charge is 2.33. The van der Waals surface area contributed by atoms with Gasteiger partial charge in [0.2, 0.25) is 15.9 Å². The molecule has 2 heterocycles. The Morgan fingerprint density at radius 3 is 2.78 bits per heavy atom. The summed E-state index contributed by atoms with van der Waals surface area (Å²) in [5.74, 6) is -0.640. The normalized spacial score (nSPS) is 24.1. The predicted octanol–water partition coefficient (Wildman–Crippen LogP) is 2.83. The molecule has 2 saturated heterocycles.